The van der Waals surface area contributed by atoms with Gasteiger partial charge < -0.3 is 0 Å². The molecule has 0 saturated carbocycles. The number of rotatable bonds is 2. The van der Waals surface area contributed by atoms with Crippen LogP contribution in [0.2, 0.25) is 0 Å². The fourth-order valence-electron chi connectivity index (χ4n) is 7.51. The molecule has 0 fully saturated rings. The van der Waals surface area contributed by atoms with E-state index in [1.165, 1.54) is 55.3 Å². The van der Waals surface area contributed by atoms with Crippen LogP contribution in [0.4, 0.5) is 0 Å². The Hall–Kier alpha value is -6.04. The molecule has 0 saturated heterocycles. The van der Waals surface area contributed by atoms with E-state index in [1.54, 1.807) is 0 Å². The van der Waals surface area contributed by atoms with Crippen molar-refractivity contribution in [3.63, 3.8) is 0 Å². The highest BCUT2D eigenvalue weighted by molar-refractivity contribution is 5.98. The average Bonchev–Trinajstić information content (AvgIpc) is 3.30. The standard InChI is InChI=1S/C43H26N2/c44-26-28-13-15-31(16-14-28)42-22-21-35(27-45-42)34-20-19-30-18-17-29-7-3-5-11-38(29)43(40(30)24-34)39-12-6-4-10-36(39)37-23-32-8-1-2-9-33(32)25-41(37)43/h1-25,27H. The first-order valence-electron chi connectivity index (χ1n) is 15.3. The van der Waals surface area contributed by atoms with Gasteiger partial charge in [0, 0.05) is 17.3 Å². The van der Waals surface area contributed by atoms with Crippen molar-refractivity contribution in [1.29, 1.82) is 5.26 Å². The molecule has 1 aromatic heterocycles. The van der Waals surface area contributed by atoms with Crippen LogP contribution in [0.3, 0.4) is 0 Å². The van der Waals surface area contributed by atoms with E-state index in [-0.39, 0.29) is 0 Å². The molecule has 45 heavy (non-hydrogen) atoms. The summed E-state index contributed by atoms with van der Waals surface area (Å²) in [7, 11) is 0. The van der Waals surface area contributed by atoms with Crippen LogP contribution in [0.25, 0.3) is 56.4 Å². The van der Waals surface area contributed by atoms with E-state index in [0.29, 0.717) is 5.56 Å². The third-order valence-corrected chi connectivity index (χ3v) is 9.58. The molecule has 1 atom stereocenters. The molecule has 9 rings (SSSR count). The van der Waals surface area contributed by atoms with E-state index in [2.05, 4.69) is 133 Å². The van der Waals surface area contributed by atoms with E-state index < -0.39 is 5.41 Å². The Bertz CT molecular complexity index is 2370. The molecule has 0 N–H and O–H groups in total. The maximum atomic E-state index is 9.18. The molecule has 2 heteroatoms. The van der Waals surface area contributed by atoms with Gasteiger partial charge in [-0.25, -0.2) is 0 Å². The first-order chi connectivity index (χ1) is 22.2. The minimum Gasteiger partial charge on any atom is -0.256 e. The summed E-state index contributed by atoms with van der Waals surface area (Å²) in [6.45, 7) is 0. The molecule has 0 amide bonds. The van der Waals surface area contributed by atoms with Crippen LogP contribution in [0.1, 0.15) is 38.9 Å². The SMILES string of the molecule is N#Cc1ccc(-c2ccc(-c3ccc4c(c3)C3(c5ccccc5C=C4)c4ccccc4-c4cc5ccccc5cc43)cn2)cc1. The smallest absolute Gasteiger partial charge is 0.0991 e. The van der Waals surface area contributed by atoms with Gasteiger partial charge in [0.2, 0.25) is 0 Å². The zero-order valence-corrected chi connectivity index (χ0v) is 24.4. The molecule has 2 aliphatic rings. The number of hydrogen-bond donors (Lipinski definition) is 0. The molecule has 0 aliphatic heterocycles. The summed E-state index contributed by atoms with van der Waals surface area (Å²) in [5.41, 5.74) is 14.5. The second kappa shape index (κ2) is 9.74. The van der Waals surface area contributed by atoms with Crippen LogP contribution >= 0.6 is 0 Å². The number of nitriles is 1. The fourth-order valence-corrected chi connectivity index (χ4v) is 7.51. The topological polar surface area (TPSA) is 36.7 Å². The van der Waals surface area contributed by atoms with Crippen LogP contribution in [0, 0.1) is 11.3 Å². The Kier molecular flexibility index (Phi) is 5.51. The summed E-state index contributed by atoms with van der Waals surface area (Å²) in [4.78, 5) is 4.85. The number of hydrogen-bond acceptors (Lipinski definition) is 2. The van der Waals surface area contributed by atoms with Crippen molar-refractivity contribution in [2.45, 2.75) is 5.41 Å². The Morgan fingerprint density at radius 2 is 1.16 bits per heavy atom. The third kappa shape index (κ3) is 3.71. The predicted molar refractivity (Wildman–Crippen MR) is 184 cm³/mol. The number of aromatic nitrogens is 1. The predicted octanol–water partition coefficient (Wildman–Crippen LogP) is 10.3. The second-order valence-corrected chi connectivity index (χ2v) is 11.9. The van der Waals surface area contributed by atoms with Crippen molar-refractivity contribution < 1.29 is 0 Å². The molecule has 6 aromatic carbocycles. The minimum absolute atomic E-state index is 0.489. The molecule has 1 spiro atoms. The van der Waals surface area contributed by atoms with Crippen molar-refractivity contribution in [3.8, 4) is 39.6 Å². The average molecular weight is 571 g/mol. The monoisotopic (exact) mass is 570 g/mol. The Labute approximate surface area is 262 Å². The third-order valence-electron chi connectivity index (χ3n) is 9.58. The molecular formula is C43H26N2. The lowest BCUT2D eigenvalue weighted by atomic mass is 9.65. The lowest BCUT2D eigenvalue weighted by Crippen LogP contribution is -2.30. The van der Waals surface area contributed by atoms with E-state index in [0.717, 1.165) is 22.4 Å². The summed E-state index contributed by atoms with van der Waals surface area (Å²) in [5, 5.41) is 11.7. The van der Waals surface area contributed by atoms with E-state index in [9.17, 15) is 5.26 Å². The second-order valence-electron chi connectivity index (χ2n) is 11.9. The number of benzene rings is 6. The van der Waals surface area contributed by atoms with Crippen LogP contribution in [0.15, 0.2) is 146 Å². The molecule has 208 valence electrons. The van der Waals surface area contributed by atoms with Gasteiger partial charge in [-0.05, 0) is 97.2 Å². The number of fused-ring (bicyclic) bond motifs is 10. The fraction of sp³-hybridized carbons (Fsp3) is 0.0233. The largest absolute Gasteiger partial charge is 0.256 e. The summed E-state index contributed by atoms with van der Waals surface area (Å²) in [6.07, 6.45) is 6.52. The van der Waals surface area contributed by atoms with Crippen LogP contribution in [-0.4, -0.2) is 4.98 Å². The zero-order chi connectivity index (χ0) is 30.0. The highest BCUT2D eigenvalue weighted by atomic mass is 14.7. The van der Waals surface area contributed by atoms with Crippen molar-refractivity contribution in [2.75, 3.05) is 0 Å². The van der Waals surface area contributed by atoms with E-state index >= 15 is 0 Å². The lowest BCUT2D eigenvalue weighted by Gasteiger charge is -2.35. The van der Waals surface area contributed by atoms with E-state index in [1.807, 2.05) is 30.5 Å². The van der Waals surface area contributed by atoms with Gasteiger partial charge in [-0.3, -0.25) is 4.98 Å². The van der Waals surface area contributed by atoms with Gasteiger partial charge >= 0.3 is 0 Å². The summed E-state index contributed by atoms with van der Waals surface area (Å²) in [5.74, 6) is 0. The van der Waals surface area contributed by atoms with Gasteiger partial charge in [0.05, 0.1) is 22.7 Å². The van der Waals surface area contributed by atoms with Gasteiger partial charge in [0.15, 0.2) is 0 Å². The van der Waals surface area contributed by atoms with E-state index in [4.69, 9.17) is 4.98 Å². The van der Waals surface area contributed by atoms with Gasteiger partial charge in [0.1, 0.15) is 0 Å². The first-order valence-corrected chi connectivity index (χ1v) is 15.3. The zero-order valence-electron chi connectivity index (χ0n) is 24.4. The quantitative estimate of drug-likeness (QED) is 0.207. The van der Waals surface area contributed by atoms with Gasteiger partial charge in [0.25, 0.3) is 0 Å². The highest BCUT2D eigenvalue weighted by Gasteiger charge is 2.48. The molecule has 0 radical (unpaired) electrons. The van der Waals surface area contributed by atoms with Crippen molar-refractivity contribution in [1.82, 2.24) is 4.98 Å². The first kappa shape index (κ1) is 25.5. The molecule has 1 unspecified atom stereocenters. The maximum absolute atomic E-state index is 9.18. The summed E-state index contributed by atoms with van der Waals surface area (Å²) in [6, 6.07) is 52.2. The lowest BCUT2D eigenvalue weighted by molar-refractivity contribution is 0.767. The van der Waals surface area contributed by atoms with Gasteiger partial charge in [-0.2, -0.15) is 5.26 Å². The van der Waals surface area contributed by atoms with Gasteiger partial charge in [-0.1, -0.05) is 115 Å². The van der Waals surface area contributed by atoms with Crippen LogP contribution in [-0.2, 0) is 5.41 Å². The number of nitrogens with zero attached hydrogens (tertiary/aromatic N) is 2. The molecule has 1 heterocycles. The van der Waals surface area contributed by atoms with Crippen molar-refractivity contribution >= 4 is 22.9 Å². The number of pyridine rings is 1. The molecular weight excluding hydrogens is 544 g/mol. The van der Waals surface area contributed by atoms with Crippen LogP contribution < -0.4 is 0 Å². The normalized spacial score (nSPS) is 15.5. The van der Waals surface area contributed by atoms with Crippen molar-refractivity contribution in [2.24, 2.45) is 0 Å². The van der Waals surface area contributed by atoms with Gasteiger partial charge in [-0.15, -0.1) is 0 Å². The van der Waals surface area contributed by atoms with Crippen molar-refractivity contribution in [3.05, 3.63) is 185 Å². The Morgan fingerprint density at radius 3 is 1.93 bits per heavy atom. The Morgan fingerprint density at radius 1 is 0.489 bits per heavy atom. The van der Waals surface area contributed by atoms with Crippen LogP contribution in [0.5, 0.6) is 0 Å². The highest BCUT2D eigenvalue weighted by Crippen LogP contribution is 2.59. The summed E-state index contributed by atoms with van der Waals surface area (Å²) < 4.78 is 0. The molecule has 7 aromatic rings. The Balaban J connectivity index is 1.30. The maximum Gasteiger partial charge on any atom is 0.0991 e. The minimum atomic E-state index is -0.489. The molecule has 2 aliphatic carbocycles. The molecule has 2 nitrogen and oxygen atoms in total. The molecule has 0 bridgehead atoms. The summed E-state index contributed by atoms with van der Waals surface area (Å²) >= 11 is 0.